The topological polar surface area (TPSA) is 83.8 Å². The Hall–Kier alpha value is -1.04. The molecule has 0 radical (unpaired) electrons. The highest BCUT2D eigenvalue weighted by atomic mass is 16.5. The second-order valence-electron chi connectivity index (χ2n) is 9.83. The lowest BCUT2D eigenvalue weighted by atomic mass is 9.45. The fraction of sp³-hybridized carbons (Fsp3) is 0.833. The van der Waals surface area contributed by atoms with Gasteiger partial charge in [-0.3, -0.25) is 9.59 Å². The van der Waals surface area contributed by atoms with Crippen LogP contribution in [0.5, 0.6) is 0 Å². The van der Waals surface area contributed by atoms with E-state index in [0.29, 0.717) is 19.3 Å². The average molecular weight is 407 g/mol. The van der Waals surface area contributed by atoms with Gasteiger partial charge in [0.05, 0.1) is 6.10 Å². The fourth-order valence-corrected chi connectivity index (χ4v) is 7.40. The first kappa shape index (κ1) is 22.6. The van der Waals surface area contributed by atoms with Gasteiger partial charge in [0.1, 0.15) is 12.2 Å². The van der Waals surface area contributed by atoms with Crippen LogP contribution >= 0.6 is 0 Å². The highest BCUT2D eigenvalue weighted by Crippen LogP contribution is 2.67. The molecular weight excluding hydrogens is 368 g/mol. The third kappa shape index (κ3) is 3.16. The summed E-state index contributed by atoms with van der Waals surface area (Å²) in [5, 5.41) is 22.7. The van der Waals surface area contributed by atoms with Crippen LogP contribution in [-0.4, -0.2) is 47.2 Å². The number of hydrogen-bond acceptors (Lipinski definition) is 5. The van der Waals surface area contributed by atoms with E-state index in [1.807, 2.05) is 26.8 Å². The summed E-state index contributed by atoms with van der Waals surface area (Å²) in [6.45, 7) is 8.12. The molecule has 3 fully saturated rings. The predicted molar refractivity (Wildman–Crippen MR) is 111 cm³/mol. The molecular formula is C24H38O5. The van der Waals surface area contributed by atoms with Gasteiger partial charge >= 0.3 is 0 Å². The monoisotopic (exact) mass is 406 g/mol. The Kier molecular flexibility index (Phi) is 6.17. The summed E-state index contributed by atoms with van der Waals surface area (Å²) in [4.78, 5) is 24.7. The van der Waals surface area contributed by atoms with E-state index in [2.05, 4.69) is 6.92 Å². The Morgan fingerprint density at radius 1 is 1.21 bits per heavy atom. The number of aliphatic hydroxyl groups excluding tert-OH is 1. The molecule has 3 saturated carbocycles. The van der Waals surface area contributed by atoms with E-state index in [0.717, 1.165) is 25.7 Å². The number of fused-ring (bicyclic) bond motifs is 5. The lowest BCUT2D eigenvalue weighted by molar-refractivity contribution is -0.182. The lowest BCUT2D eigenvalue weighted by Crippen LogP contribution is -2.62. The van der Waals surface area contributed by atoms with E-state index in [1.165, 1.54) is 12.7 Å². The van der Waals surface area contributed by atoms with Crippen LogP contribution < -0.4 is 0 Å². The summed E-state index contributed by atoms with van der Waals surface area (Å²) in [5.41, 5.74) is -0.981. The maximum absolute atomic E-state index is 12.7. The zero-order chi connectivity index (χ0) is 21.6. The first-order valence-corrected chi connectivity index (χ1v) is 11.3. The van der Waals surface area contributed by atoms with Gasteiger partial charge in [0, 0.05) is 18.9 Å². The van der Waals surface area contributed by atoms with Crippen LogP contribution in [0.25, 0.3) is 0 Å². The van der Waals surface area contributed by atoms with Crippen molar-refractivity contribution in [3.8, 4) is 0 Å². The summed E-state index contributed by atoms with van der Waals surface area (Å²) in [6, 6.07) is 0. The van der Waals surface area contributed by atoms with Crippen molar-refractivity contribution in [2.75, 3.05) is 13.7 Å². The first-order valence-electron chi connectivity index (χ1n) is 11.3. The molecule has 0 bridgehead atoms. The second kappa shape index (κ2) is 7.90. The van der Waals surface area contributed by atoms with E-state index in [1.54, 1.807) is 0 Å². The van der Waals surface area contributed by atoms with Crippen molar-refractivity contribution in [1.29, 1.82) is 0 Å². The van der Waals surface area contributed by atoms with E-state index in [-0.39, 0.29) is 41.3 Å². The molecule has 0 amide bonds. The third-order valence-electron chi connectivity index (χ3n) is 8.79. The smallest absolute Gasteiger partial charge is 0.190 e. The maximum atomic E-state index is 12.7. The molecule has 2 N–H and O–H groups in total. The minimum absolute atomic E-state index is 0.0876. The highest BCUT2D eigenvalue weighted by Gasteiger charge is 2.68. The summed E-state index contributed by atoms with van der Waals surface area (Å²) in [5.74, 6) is 0.540. The van der Waals surface area contributed by atoms with Crippen LogP contribution in [-0.2, 0) is 14.3 Å². The van der Waals surface area contributed by atoms with Crippen molar-refractivity contribution in [3.05, 3.63) is 11.6 Å². The second-order valence-corrected chi connectivity index (χ2v) is 9.83. The molecule has 0 aromatic heterocycles. The SMILES string of the molecule is CC.COCC(=O)[C@@]1(O)CC[C@H]2[C@@H]3CCC4=CC(=O)CC[C@]4(C)[C@H]3[C@@H](O)C[C@@]21C. The van der Waals surface area contributed by atoms with Gasteiger partial charge in [0.2, 0.25) is 0 Å². The Labute approximate surface area is 174 Å². The molecule has 0 heterocycles. The number of rotatable bonds is 3. The summed E-state index contributed by atoms with van der Waals surface area (Å²) in [7, 11) is 1.47. The van der Waals surface area contributed by atoms with Crippen molar-refractivity contribution in [2.45, 2.75) is 84.3 Å². The lowest BCUT2D eigenvalue weighted by Gasteiger charge is -2.60. The van der Waals surface area contributed by atoms with E-state index in [4.69, 9.17) is 4.74 Å². The molecule has 29 heavy (non-hydrogen) atoms. The number of carbonyl (C=O) groups is 2. The van der Waals surface area contributed by atoms with Crippen molar-refractivity contribution in [2.24, 2.45) is 28.6 Å². The Morgan fingerprint density at radius 2 is 1.90 bits per heavy atom. The number of hydrogen-bond donors (Lipinski definition) is 2. The molecule has 0 spiro atoms. The van der Waals surface area contributed by atoms with Crippen molar-refractivity contribution >= 4 is 11.6 Å². The van der Waals surface area contributed by atoms with Crippen molar-refractivity contribution < 1.29 is 24.5 Å². The van der Waals surface area contributed by atoms with Crippen LogP contribution in [0.1, 0.15) is 72.6 Å². The van der Waals surface area contributed by atoms with E-state index >= 15 is 0 Å². The number of ether oxygens (including phenoxy) is 1. The zero-order valence-electron chi connectivity index (χ0n) is 18.7. The molecule has 164 valence electrons. The van der Waals surface area contributed by atoms with Gasteiger partial charge in [-0.25, -0.2) is 0 Å². The maximum Gasteiger partial charge on any atom is 0.190 e. The quantitative estimate of drug-likeness (QED) is 0.750. The number of aliphatic hydroxyl groups is 2. The highest BCUT2D eigenvalue weighted by molar-refractivity contribution is 5.91. The molecule has 5 nitrogen and oxygen atoms in total. The van der Waals surface area contributed by atoms with Gasteiger partial charge < -0.3 is 14.9 Å². The van der Waals surface area contributed by atoms with Crippen molar-refractivity contribution in [3.63, 3.8) is 0 Å². The van der Waals surface area contributed by atoms with Crippen LogP contribution in [0.2, 0.25) is 0 Å². The molecule has 4 aliphatic carbocycles. The molecule has 0 unspecified atom stereocenters. The average Bonchev–Trinajstić information content (AvgIpc) is 2.95. The molecule has 0 aromatic rings. The van der Waals surface area contributed by atoms with Gasteiger partial charge in [-0.2, -0.15) is 0 Å². The van der Waals surface area contributed by atoms with Gasteiger partial charge in [0.25, 0.3) is 0 Å². The summed E-state index contributed by atoms with van der Waals surface area (Å²) in [6.07, 6.45) is 6.10. The predicted octanol–water partition coefficient (Wildman–Crippen LogP) is 3.46. The molecule has 0 aromatic carbocycles. The molecule has 0 aliphatic heterocycles. The molecule has 4 aliphatic rings. The van der Waals surface area contributed by atoms with E-state index < -0.39 is 17.1 Å². The summed E-state index contributed by atoms with van der Waals surface area (Å²) < 4.78 is 5.02. The standard InChI is InChI=1S/C22H32O5.C2H6/c1-20-8-6-14(23)10-13(20)4-5-15-16-7-9-22(26,18(25)12-27-3)21(16,2)11-17(24)19(15)20;1-2/h10,15-17,19,24,26H,4-9,11-12H2,1-3H3;1-2H3/t15-,16-,17-,19+,20-,21-,22-;/m0./s1. The normalized spacial score (nSPS) is 45.9. The fourth-order valence-electron chi connectivity index (χ4n) is 7.40. The van der Waals surface area contributed by atoms with Gasteiger partial charge in [-0.1, -0.05) is 33.3 Å². The minimum Gasteiger partial charge on any atom is -0.393 e. The Bertz CT molecular complexity index is 699. The molecule has 0 saturated heterocycles. The number of Topliss-reactive ketones (excluding diaryl/α,β-unsaturated/α-hetero) is 1. The van der Waals surface area contributed by atoms with Gasteiger partial charge in [0.15, 0.2) is 11.6 Å². The number of allylic oxidation sites excluding steroid dienone is 1. The van der Waals surface area contributed by atoms with Crippen LogP contribution in [0.15, 0.2) is 11.6 Å². The van der Waals surface area contributed by atoms with Crippen LogP contribution in [0.4, 0.5) is 0 Å². The molecule has 7 atom stereocenters. The van der Waals surface area contributed by atoms with Crippen molar-refractivity contribution in [1.82, 2.24) is 0 Å². The minimum atomic E-state index is -1.42. The number of methoxy groups -OCH3 is 1. The number of carbonyl (C=O) groups excluding carboxylic acids is 2. The Balaban J connectivity index is 0.00000117. The first-order chi connectivity index (χ1) is 13.7. The zero-order valence-corrected chi connectivity index (χ0v) is 18.7. The van der Waals surface area contributed by atoms with Gasteiger partial charge in [-0.15, -0.1) is 0 Å². The largest absolute Gasteiger partial charge is 0.393 e. The van der Waals surface area contributed by atoms with Crippen LogP contribution in [0.3, 0.4) is 0 Å². The third-order valence-corrected chi connectivity index (χ3v) is 8.79. The number of ketones is 2. The van der Waals surface area contributed by atoms with E-state index in [9.17, 15) is 19.8 Å². The molecule has 4 rings (SSSR count). The summed E-state index contributed by atoms with van der Waals surface area (Å²) >= 11 is 0. The van der Waals surface area contributed by atoms with Gasteiger partial charge in [-0.05, 0) is 67.8 Å². The molecule has 5 heteroatoms. The Morgan fingerprint density at radius 3 is 2.55 bits per heavy atom. The van der Waals surface area contributed by atoms with Crippen LogP contribution in [0, 0.1) is 28.6 Å².